The molecule has 0 radical (unpaired) electrons. The van der Waals surface area contributed by atoms with Crippen molar-refractivity contribution in [2.24, 2.45) is 0 Å². The van der Waals surface area contributed by atoms with Crippen molar-refractivity contribution >= 4 is 28.0 Å². The second-order valence-electron chi connectivity index (χ2n) is 2.98. The second-order valence-corrected chi connectivity index (χ2v) is 4.44. The molecule has 0 aliphatic heterocycles. The maximum Gasteiger partial charge on any atom is 0.472 e. The van der Waals surface area contributed by atoms with Crippen LogP contribution >= 0.6 is 7.82 Å². The van der Waals surface area contributed by atoms with Crippen LogP contribution in [0.25, 0.3) is 0 Å². The van der Waals surface area contributed by atoms with Crippen molar-refractivity contribution in [2.45, 2.75) is 6.10 Å². The van der Waals surface area contributed by atoms with E-state index in [-0.39, 0.29) is 19.7 Å². The first-order chi connectivity index (χ1) is 8.41. The van der Waals surface area contributed by atoms with Gasteiger partial charge in [0.2, 0.25) is 13.7 Å². The van der Waals surface area contributed by atoms with Crippen molar-refractivity contribution in [1.82, 2.24) is 0 Å². The van der Waals surface area contributed by atoms with E-state index in [0.717, 1.165) is 7.85 Å². The summed E-state index contributed by atoms with van der Waals surface area (Å²) in [6.07, 6.45) is -1.02. The van der Waals surface area contributed by atoms with Crippen molar-refractivity contribution in [3.8, 4) is 0 Å². The number of rotatable bonds is 10. The fraction of sp³-hybridized carbons (Fsp3) is 0.714. The van der Waals surface area contributed by atoms with Gasteiger partial charge < -0.3 is 19.5 Å². The molecule has 0 saturated heterocycles. The van der Waals surface area contributed by atoms with Gasteiger partial charge in [-0.2, -0.15) is 0 Å². The number of aliphatic hydroxyl groups is 1. The molecule has 0 bridgehead atoms. The summed E-state index contributed by atoms with van der Waals surface area (Å²) < 4.78 is 29.0. The number of hydrogen-bond donors (Lipinski definition) is 2. The lowest BCUT2D eigenvalue weighted by Crippen LogP contribution is -2.27. The van der Waals surface area contributed by atoms with Crippen molar-refractivity contribution in [3.05, 3.63) is 0 Å². The molecule has 0 aliphatic carbocycles. The second kappa shape index (κ2) is 9.06. The maximum absolute atomic E-state index is 11.2. The molecular formula is C7H14BO9P. The smallest absolute Gasteiger partial charge is 0.465 e. The molecule has 0 heterocycles. The number of carbonyl (C=O) groups excluding carboxylic acids is 2. The minimum absolute atomic E-state index is 0.136. The Morgan fingerprint density at radius 2 is 2.06 bits per heavy atom. The lowest BCUT2D eigenvalue weighted by Gasteiger charge is -2.18. The van der Waals surface area contributed by atoms with Crippen molar-refractivity contribution in [2.75, 3.05) is 26.4 Å². The van der Waals surface area contributed by atoms with Crippen molar-refractivity contribution in [1.29, 1.82) is 0 Å². The third-order valence-electron chi connectivity index (χ3n) is 1.45. The van der Waals surface area contributed by atoms with E-state index >= 15 is 0 Å². The molecule has 0 spiro atoms. The van der Waals surface area contributed by atoms with Gasteiger partial charge in [0, 0.05) is 0 Å². The third-order valence-corrected chi connectivity index (χ3v) is 2.44. The molecule has 0 aromatic carbocycles. The molecule has 0 saturated carbocycles. The fourth-order valence-electron chi connectivity index (χ4n) is 0.868. The molecule has 2 N–H and O–H groups in total. The Morgan fingerprint density at radius 1 is 1.39 bits per heavy atom. The molecule has 0 aromatic rings. The highest BCUT2D eigenvalue weighted by molar-refractivity contribution is 7.47. The van der Waals surface area contributed by atoms with E-state index in [4.69, 9.17) is 10.00 Å². The average Bonchev–Trinajstić information content (AvgIpc) is 2.30. The zero-order valence-corrected chi connectivity index (χ0v) is 10.6. The Balaban J connectivity index is 4.18. The van der Waals surface area contributed by atoms with E-state index in [2.05, 4.69) is 18.5 Å². The normalized spacial score (nSPS) is 15.4. The Hall–Kier alpha value is -0.925. The summed E-state index contributed by atoms with van der Waals surface area (Å²) in [5, 5.41) is 8.40. The number of phosphoric ester groups is 1. The Morgan fingerprint density at radius 3 is 2.56 bits per heavy atom. The van der Waals surface area contributed by atoms with Crippen LogP contribution in [0.3, 0.4) is 0 Å². The molecule has 0 amide bonds. The Kier molecular flexibility index (Phi) is 8.60. The van der Waals surface area contributed by atoms with Crippen LogP contribution in [0.5, 0.6) is 0 Å². The van der Waals surface area contributed by atoms with Crippen LogP contribution in [0.2, 0.25) is 0 Å². The van der Waals surface area contributed by atoms with Gasteiger partial charge in [0.05, 0.1) is 19.8 Å². The molecule has 18 heavy (non-hydrogen) atoms. The topological polar surface area (TPSA) is 129 Å². The molecule has 0 fully saturated rings. The largest absolute Gasteiger partial charge is 0.472 e. The van der Waals surface area contributed by atoms with Crippen LogP contribution in [-0.2, 0) is 27.9 Å². The zero-order valence-electron chi connectivity index (χ0n) is 9.68. The van der Waals surface area contributed by atoms with Crippen LogP contribution in [0.4, 0.5) is 4.79 Å². The summed E-state index contributed by atoms with van der Waals surface area (Å²) in [6.45, 7) is -1.50. The van der Waals surface area contributed by atoms with Gasteiger partial charge in [-0.1, -0.05) is 0 Å². The number of phosphoric acid groups is 1. The first-order valence-corrected chi connectivity index (χ1v) is 6.36. The maximum atomic E-state index is 11.2. The summed E-state index contributed by atoms with van der Waals surface area (Å²) in [7, 11) is -3.21. The summed E-state index contributed by atoms with van der Waals surface area (Å²) in [4.78, 5) is 29.8. The predicted octanol–water partition coefficient (Wildman–Crippen LogP) is -1.58. The van der Waals surface area contributed by atoms with Gasteiger partial charge in [0.1, 0.15) is 6.61 Å². The van der Waals surface area contributed by atoms with Crippen molar-refractivity contribution in [3.63, 3.8) is 0 Å². The van der Waals surface area contributed by atoms with Gasteiger partial charge in [0.15, 0.2) is 6.10 Å². The Bertz CT molecular complexity index is 309. The van der Waals surface area contributed by atoms with Crippen LogP contribution in [0, 0.1) is 0 Å². The molecule has 9 nitrogen and oxygen atoms in total. The van der Waals surface area contributed by atoms with E-state index < -0.39 is 33.0 Å². The lowest BCUT2D eigenvalue weighted by molar-refractivity contribution is -0.132. The van der Waals surface area contributed by atoms with E-state index in [1.807, 2.05) is 0 Å². The third kappa shape index (κ3) is 9.14. The number of aliphatic hydroxyl groups excluding tert-OH is 1. The molecule has 0 aliphatic rings. The molecule has 0 aromatic heterocycles. The molecule has 2 atom stereocenters. The number of carbonyl (C=O) groups is 2. The standard InChI is InChI=1S/C7H14BO9P/c8-7(11)17-6(3-14-5-10)4-16-18(12,13)15-2-1-9/h5-6,9H,1-4,8H2,(H,12,13)/t6-/m1/s1. The van der Waals surface area contributed by atoms with E-state index in [9.17, 15) is 14.2 Å². The molecular weight excluding hydrogens is 270 g/mol. The highest BCUT2D eigenvalue weighted by Crippen LogP contribution is 2.42. The van der Waals surface area contributed by atoms with E-state index in [1.165, 1.54) is 0 Å². The number of hydrogen-bond acceptors (Lipinski definition) is 8. The first kappa shape index (κ1) is 17.1. The minimum Gasteiger partial charge on any atom is -0.465 e. The highest BCUT2D eigenvalue weighted by atomic mass is 31.2. The zero-order chi connectivity index (χ0) is 14.0. The van der Waals surface area contributed by atoms with Gasteiger partial charge in [-0.05, 0) is 0 Å². The summed E-state index contributed by atoms with van der Waals surface area (Å²) in [5.74, 6) is -0.665. The Labute approximate surface area is 104 Å². The quantitative estimate of drug-likeness (QED) is 0.277. The van der Waals surface area contributed by atoms with Crippen LogP contribution in [0.15, 0.2) is 0 Å². The van der Waals surface area contributed by atoms with Gasteiger partial charge in [-0.3, -0.25) is 18.6 Å². The molecule has 1 unspecified atom stereocenters. The van der Waals surface area contributed by atoms with Crippen molar-refractivity contribution < 1.29 is 42.7 Å². The SMILES string of the molecule is BC(=O)O[C@H](COC=O)COP(=O)(O)OCCO. The highest BCUT2D eigenvalue weighted by Gasteiger charge is 2.24. The lowest BCUT2D eigenvalue weighted by atomic mass is 10.2. The average molecular weight is 284 g/mol. The predicted molar refractivity (Wildman–Crippen MR) is 59.6 cm³/mol. The summed E-state index contributed by atoms with van der Waals surface area (Å²) >= 11 is 0. The fourth-order valence-corrected chi connectivity index (χ4v) is 1.61. The van der Waals surface area contributed by atoms with Gasteiger partial charge in [0.25, 0.3) is 6.47 Å². The molecule has 104 valence electrons. The van der Waals surface area contributed by atoms with Gasteiger partial charge >= 0.3 is 7.82 Å². The number of ether oxygens (including phenoxy) is 2. The monoisotopic (exact) mass is 284 g/mol. The van der Waals surface area contributed by atoms with E-state index in [1.54, 1.807) is 0 Å². The first-order valence-electron chi connectivity index (χ1n) is 4.86. The summed E-state index contributed by atoms with van der Waals surface area (Å²) in [5.41, 5.74) is 0. The van der Waals surface area contributed by atoms with Crippen LogP contribution < -0.4 is 0 Å². The van der Waals surface area contributed by atoms with Crippen LogP contribution in [-0.4, -0.2) is 62.7 Å². The van der Waals surface area contributed by atoms with E-state index in [0.29, 0.717) is 0 Å². The summed E-state index contributed by atoms with van der Waals surface area (Å²) in [6, 6.07) is 0. The van der Waals surface area contributed by atoms with Gasteiger partial charge in [-0.15, -0.1) is 0 Å². The molecule has 11 heteroatoms. The van der Waals surface area contributed by atoms with Crippen LogP contribution in [0.1, 0.15) is 0 Å². The molecule has 0 rings (SSSR count). The minimum atomic E-state index is -4.33. The van der Waals surface area contributed by atoms with Gasteiger partial charge in [-0.25, -0.2) is 4.57 Å².